The van der Waals surface area contributed by atoms with Crippen molar-refractivity contribution < 1.29 is 0 Å². The number of nitrogens with zero attached hydrogens (tertiary/aromatic N) is 2. The molecule has 0 spiro atoms. The van der Waals surface area contributed by atoms with E-state index in [0.717, 1.165) is 24.8 Å². The molecule has 1 aliphatic rings. The normalized spacial score (nSPS) is 25.8. The summed E-state index contributed by atoms with van der Waals surface area (Å²) < 4.78 is 1.92. The molecule has 1 fully saturated rings. The minimum atomic E-state index is 0.819. The Morgan fingerprint density at radius 2 is 2.06 bits per heavy atom. The van der Waals surface area contributed by atoms with Gasteiger partial charge < -0.3 is 5.32 Å². The monoisotopic (exact) mass is 235 g/mol. The van der Waals surface area contributed by atoms with Crippen molar-refractivity contribution in [2.24, 2.45) is 18.9 Å². The fourth-order valence-electron chi connectivity index (χ4n) is 3.10. The van der Waals surface area contributed by atoms with E-state index in [1.165, 1.54) is 37.8 Å². The zero-order chi connectivity index (χ0) is 12.1. The number of nitrogens with one attached hydrogen (secondary N) is 1. The molecular weight excluding hydrogens is 210 g/mol. The molecule has 0 amide bonds. The van der Waals surface area contributed by atoms with Crippen molar-refractivity contribution in [3.05, 3.63) is 18.0 Å². The molecule has 1 saturated carbocycles. The van der Waals surface area contributed by atoms with Crippen LogP contribution in [0.2, 0.25) is 0 Å². The van der Waals surface area contributed by atoms with Gasteiger partial charge in [0.05, 0.1) is 5.69 Å². The fraction of sp³-hybridized carbons (Fsp3) is 0.786. The third kappa shape index (κ3) is 3.56. The second kappa shape index (κ2) is 6.20. The molecule has 1 aliphatic carbocycles. The average Bonchev–Trinajstić information content (AvgIpc) is 2.58. The van der Waals surface area contributed by atoms with Gasteiger partial charge in [-0.2, -0.15) is 5.10 Å². The van der Waals surface area contributed by atoms with Crippen LogP contribution in [0.5, 0.6) is 0 Å². The molecule has 2 unspecified atom stereocenters. The van der Waals surface area contributed by atoms with Crippen LogP contribution in [0.4, 0.5) is 0 Å². The van der Waals surface area contributed by atoms with Gasteiger partial charge in [-0.3, -0.25) is 4.68 Å². The van der Waals surface area contributed by atoms with Crippen molar-refractivity contribution in [1.82, 2.24) is 15.1 Å². The molecule has 1 heterocycles. The van der Waals surface area contributed by atoms with Gasteiger partial charge >= 0.3 is 0 Å². The first-order chi connectivity index (χ1) is 8.29. The van der Waals surface area contributed by atoms with E-state index in [2.05, 4.69) is 29.7 Å². The number of hydrogen-bond acceptors (Lipinski definition) is 2. The van der Waals surface area contributed by atoms with Gasteiger partial charge in [-0.05, 0) is 50.8 Å². The lowest BCUT2D eigenvalue weighted by molar-refractivity contribution is 0.301. The minimum absolute atomic E-state index is 0.819. The quantitative estimate of drug-likeness (QED) is 0.812. The first-order valence-corrected chi connectivity index (χ1v) is 6.92. The Morgan fingerprint density at radius 1 is 1.29 bits per heavy atom. The van der Waals surface area contributed by atoms with E-state index in [1.807, 2.05) is 11.7 Å². The summed E-state index contributed by atoms with van der Waals surface area (Å²) in [7, 11) is 4.07. The molecule has 1 N–H and O–H groups in total. The Kier molecular flexibility index (Phi) is 4.60. The lowest BCUT2D eigenvalue weighted by atomic mass is 9.84. The van der Waals surface area contributed by atoms with Crippen LogP contribution in [0, 0.1) is 11.8 Å². The summed E-state index contributed by atoms with van der Waals surface area (Å²) in [5.41, 5.74) is 1.26. The van der Waals surface area contributed by atoms with E-state index in [4.69, 9.17) is 0 Å². The number of aryl methyl sites for hydroxylation is 1. The van der Waals surface area contributed by atoms with Crippen molar-refractivity contribution in [3.63, 3.8) is 0 Å². The first kappa shape index (κ1) is 12.6. The summed E-state index contributed by atoms with van der Waals surface area (Å²) in [6.45, 7) is 1.16. The lowest BCUT2D eigenvalue weighted by Gasteiger charge is -2.24. The minimum Gasteiger partial charge on any atom is -0.319 e. The molecule has 0 bridgehead atoms. The highest BCUT2D eigenvalue weighted by molar-refractivity contribution is 5.01. The summed E-state index contributed by atoms with van der Waals surface area (Å²) in [5, 5.41) is 7.89. The van der Waals surface area contributed by atoms with Crippen LogP contribution in [0.15, 0.2) is 12.3 Å². The van der Waals surface area contributed by atoms with Gasteiger partial charge in [-0.25, -0.2) is 0 Å². The van der Waals surface area contributed by atoms with Gasteiger partial charge in [0, 0.05) is 13.2 Å². The largest absolute Gasteiger partial charge is 0.319 e. The maximum atomic E-state index is 4.53. The van der Waals surface area contributed by atoms with Gasteiger partial charge in [0.1, 0.15) is 0 Å². The number of hydrogen-bond donors (Lipinski definition) is 1. The fourth-order valence-corrected chi connectivity index (χ4v) is 3.10. The third-order valence-corrected chi connectivity index (χ3v) is 4.02. The molecule has 3 nitrogen and oxygen atoms in total. The van der Waals surface area contributed by atoms with Gasteiger partial charge in [0.2, 0.25) is 0 Å². The second-order valence-corrected chi connectivity index (χ2v) is 5.40. The topological polar surface area (TPSA) is 29.9 Å². The Labute approximate surface area is 105 Å². The molecule has 0 radical (unpaired) electrons. The molecule has 1 aromatic rings. The molecule has 0 aliphatic heterocycles. The van der Waals surface area contributed by atoms with E-state index in [-0.39, 0.29) is 0 Å². The smallest absolute Gasteiger partial charge is 0.0627 e. The van der Waals surface area contributed by atoms with Crippen molar-refractivity contribution in [2.45, 2.75) is 38.5 Å². The molecule has 2 rings (SSSR count). The molecule has 0 saturated heterocycles. The van der Waals surface area contributed by atoms with Gasteiger partial charge in [-0.1, -0.05) is 19.3 Å². The molecule has 96 valence electrons. The van der Waals surface area contributed by atoms with E-state index >= 15 is 0 Å². The van der Waals surface area contributed by atoms with E-state index in [9.17, 15) is 0 Å². The van der Waals surface area contributed by atoms with Crippen LogP contribution in [-0.4, -0.2) is 23.4 Å². The summed E-state index contributed by atoms with van der Waals surface area (Å²) in [5.74, 6) is 1.66. The summed E-state index contributed by atoms with van der Waals surface area (Å²) >= 11 is 0. The Hall–Kier alpha value is -0.830. The molecule has 17 heavy (non-hydrogen) atoms. The van der Waals surface area contributed by atoms with Crippen LogP contribution < -0.4 is 5.32 Å². The second-order valence-electron chi connectivity index (χ2n) is 5.40. The van der Waals surface area contributed by atoms with E-state index < -0.39 is 0 Å². The average molecular weight is 235 g/mol. The highest BCUT2D eigenvalue weighted by atomic mass is 15.2. The maximum Gasteiger partial charge on any atom is 0.0627 e. The van der Waals surface area contributed by atoms with Crippen molar-refractivity contribution >= 4 is 0 Å². The van der Waals surface area contributed by atoms with Crippen LogP contribution >= 0.6 is 0 Å². The summed E-state index contributed by atoms with van der Waals surface area (Å²) in [6, 6.07) is 2.17. The first-order valence-electron chi connectivity index (χ1n) is 6.92. The predicted molar refractivity (Wildman–Crippen MR) is 70.9 cm³/mol. The highest BCUT2D eigenvalue weighted by Crippen LogP contribution is 2.30. The maximum absolute atomic E-state index is 4.53. The van der Waals surface area contributed by atoms with Crippen LogP contribution in [0.3, 0.4) is 0 Å². The Balaban J connectivity index is 1.99. The van der Waals surface area contributed by atoms with Crippen molar-refractivity contribution in [1.29, 1.82) is 0 Å². The number of aromatic nitrogens is 2. The van der Waals surface area contributed by atoms with Crippen molar-refractivity contribution in [2.75, 3.05) is 13.6 Å². The summed E-state index contributed by atoms with van der Waals surface area (Å²) in [6.07, 6.45) is 10.2. The SMILES string of the molecule is CNCC1CCCCCC1Cc1ccn(C)n1. The van der Waals surface area contributed by atoms with Gasteiger partial charge in [0.25, 0.3) is 0 Å². The van der Waals surface area contributed by atoms with Crippen LogP contribution in [0.1, 0.15) is 37.8 Å². The standard InChI is InChI=1S/C14H25N3/c1-15-11-13-7-5-3-4-6-12(13)10-14-8-9-17(2)16-14/h8-9,12-13,15H,3-7,10-11H2,1-2H3. The Morgan fingerprint density at radius 3 is 2.71 bits per heavy atom. The lowest BCUT2D eigenvalue weighted by Crippen LogP contribution is -2.26. The Bertz CT molecular complexity index is 332. The zero-order valence-electron chi connectivity index (χ0n) is 11.2. The number of rotatable bonds is 4. The van der Waals surface area contributed by atoms with Crippen LogP contribution in [0.25, 0.3) is 0 Å². The van der Waals surface area contributed by atoms with Gasteiger partial charge in [-0.15, -0.1) is 0 Å². The van der Waals surface area contributed by atoms with E-state index in [0.29, 0.717) is 0 Å². The van der Waals surface area contributed by atoms with Crippen LogP contribution in [-0.2, 0) is 13.5 Å². The molecular formula is C14H25N3. The molecule has 3 heteroatoms. The molecule has 2 atom stereocenters. The van der Waals surface area contributed by atoms with E-state index in [1.54, 1.807) is 0 Å². The van der Waals surface area contributed by atoms with Crippen molar-refractivity contribution in [3.8, 4) is 0 Å². The highest BCUT2D eigenvalue weighted by Gasteiger charge is 2.23. The zero-order valence-corrected chi connectivity index (χ0v) is 11.2. The molecule has 0 aromatic carbocycles. The predicted octanol–water partition coefficient (Wildman–Crippen LogP) is 2.38. The van der Waals surface area contributed by atoms with Gasteiger partial charge in [0.15, 0.2) is 0 Å². The molecule has 1 aromatic heterocycles. The third-order valence-electron chi connectivity index (χ3n) is 4.02. The summed E-state index contributed by atoms with van der Waals surface area (Å²) in [4.78, 5) is 0.